The molecular formula is C21H23N3O2S. The molecule has 1 saturated heterocycles. The lowest BCUT2D eigenvalue weighted by atomic mass is 10.0. The van der Waals surface area contributed by atoms with E-state index in [1.165, 1.54) is 0 Å². The van der Waals surface area contributed by atoms with E-state index in [1.807, 2.05) is 30.3 Å². The molecular weight excluding hydrogens is 358 g/mol. The molecule has 0 aliphatic carbocycles. The molecule has 0 spiro atoms. The molecule has 0 radical (unpaired) electrons. The molecule has 2 N–H and O–H groups in total. The van der Waals surface area contributed by atoms with Crippen LogP contribution in [0.5, 0.6) is 0 Å². The zero-order chi connectivity index (χ0) is 18.9. The highest BCUT2D eigenvalue weighted by Crippen LogP contribution is 2.33. The second-order valence-corrected chi connectivity index (χ2v) is 8.56. The average molecular weight is 382 g/mol. The van der Waals surface area contributed by atoms with Crippen molar-refractivity contribution in [2.45, 2.75) is 17.9 Å². The van der Waals surface area contributed by atoms with Crippen molar-refractivity contribution in [2.24, 2.45) is 0 Å². The van der Waals surface area contributed by atoms with Gasteiger partial charge in [0.25, 0.3) is 10.0 Å². The van der Waals surface area contributed by atoms with Crippen LogP contribution in [0.2, 0.25) is 0 Å². The van der Waals surface area contributed by atoms with Crippen LogP contribution in [0.3, 0.4) is 0 Å². The van der Waals surface area contributed by atoms with Crippen LogP contribution in [-0.2, 0) is 10.0 Å². The molecule has 0 amide bonds. The van der Waals surface area contributed by atoms with Crippen LogP contribution < -0.4 is 14.9 Å². The summed E-state index contributed by atoms with van der Waals surface area (Å²) >= 11 is 0. The van der Waals surface area contributed by atoms with E-state index in [-0.39, 0.29) is 4.90 Å². The first-order chi connectivity index (χ1) is 13.0. The van der Waals surface area contributed by atoms with Crippen LogP contribution >= 0.6 is 0 Å². The Morgan fingerprint density at radius 3 is 2.56 bits per heavy atom. The molecule has 1 aliphatic heterocycles. The summed E-state index contributed by atoms with van der Waals surface area (Å²) < 4.78 is 28.3. The number of nitrogens with zero attached hydrogens (tertiary/aromatic N) is 1. The molecule has 6 heteroatoms. The Balaban J connectivity index is 1.78. The lowest BCUT2D eigenvalue weighted by Crippen LogP contribution is -2.50. The number of rotatable bonds is 4. The number of piperazine rings is 1. The average Bonchev–Trinajstić information content (AvgIpc) is 2.68. The highest BCUT2D eigenvalue weighted by molar-refractivity contribution is 7.92. The summed E-state index contributed by atoms with van der Waals surface area (Å²) in [5.41, 5.74) is 1.64. The van der Waals surface area contributed by atoms with E-state index in [2.05, 4.69) is 27.9 Å². The van der Waals surface area contributed by atoms with Crippen LogP contribution in [0.4, 0.5) is 11.4 Å². The van der Waals surface area contributed by atoms with Crippen LogP contribution in [0.15, 0.2) is 71.6 Å². The fourth-order valence-electron chi connectivity index (χ4n) is 3.60. The minimum atomic E-state index is -3.62. The van der Waals surface area contributed by atoms with Crippen molar-refractivity contribution in [3.63, 3.8) is 0 Å². The van der Waals surface area contributed by atoms with Crippen molar-refractivity contribution < 1.29 is 8.42 Å². The van der Waals surface area contributed by atoms with Gasteiger partial charge in [-0.3, -0.25) is 4.72 Å². The van der Waals surface area contributed by atoms with Crippen molar-refractivity contribution in [1.29, 1.82) is 0 Å². The maximum Gasteiger partial charge on any atom is 0.261 e. The molecule has 3 aromatic carbocycles. The molecule has 0 saturated carbocycles. The van der Waals surface area contributed by atoms with Gasteiger partial charge in [-0.05, 0) is 36.6 Å². The van der Waals surface area contributed by atoms with E-state index in [4.69, 9.17) is 0 Å². The number of anilines is 2. The van der Waals surface area contributed by atoms with Gasteiger partial charge in [-0.2, -0.15) is 0 Å². The highest BCUT2D eigenvalue weighted by Gasteiger charge is 2.22. The van der Waals surface area contributed by atoms with Crippen LogP contribution in [0, 0.1) is 0 Å². The van der Waals surface area contributed by atoms with Gasteiger partial charge < -0.3 is 10.2 Å². The number of fused-ring (bicyclic) bond motifs is 1. The molecule has 5 nitrogen and oxygen atoms in total. The fraction of sp³-hybridized carbons (Fsp3) is 0.238. The first-order valence-corrected chi connectivity index (χ1v) is 10.6. The fourth-order valence-corrected chi connectivity index (χ4v) is 4.66. The van der Waals surface area contributed by atoms with Gasteiger partial charge in [-0.25, -0.2) is 8.42 Å². The summed E-state index contributed by atoms with van der Waals surface area (Å²) in [4.78, 5) is 2.61. The van der Waals surface area contributed by atoms with Crippen molar-refractivity contribution in [3.8, 4) is 0 Å². The minimum Gasteiger partial charge on any atom is -0.366 e. The number of hydrogen-bond donors (Lipinski definition) is 2. The topological polar surface area (TPSA) is 61.4 Å². The van der Waals surface area contributed by atoms with Gasteiger partial charge in [0.2, 0.25) is 0 Å². The standard InChI is InChI=1S/C21H23N3O2S/c1-16-15-22-11-12-24(16)21-14-18(13-17-7-5-6-10-20(17)21)23-27(25,26)19-8-3-2-4-9-19/h2-10,13-14,16,22-23H,11-12,15H2,1H3. The molecule has 3 aromatic rings. The third kappa shape index (κ3) is 3.63. The zero-order valence-electron chi connectivity index (χ0n) is 15.2. The second kappa shape index (κ2) is 7.21. The zero-order valence-corrected chi connectivity index (χ0v) is 16.0. The van der Waals surface area contributed by atoms with Crippen molar-refractivity contribution in [1.82, 2.24) is 5.32 Å². The first-order valence-electron chi connectivity index (χ1n) is 9.13. The third-order valence-electron chi connectivity index (χ3n) is 4.96. The molecule has 1 unspecified atom stereocenters. The van der Waals surface area contributed by atoms with E-state index in [1.54, 1.807) is 30.3 Å². The Labute approximate surface area is 160 Å². The minimum absolute atomic E-state index is 0.259. The van der Waals surface area contributed by atoms with Gasteiger partial charge in [0.05, 0.1) is 10.6 Å². The Morgan fingerprint density at radius 1 is 1.04 bits per heavy atom. The predicted molar refractivity (Wildman–Crippen MR) is 111 cm³/mol. The smallest absolute Gasteiger partial charge is 0.261 e. The molecule has 1 heterocycles. The molecule has 1 fully saturated rings. The highest BCUT2D eigenvalue weighted by atomic mass is 32.2. The first kappa shape index (κ1) is 17.8. The van der Waals surface area contributed by atoms with Crippen molar-refractivity contribution >= 4 is 32.2 Å². The van der Waals surface area contributed by atoms with Crippen molar-refractivity contribution in [2.75, 3.05) is 29.3 Å². The monoisotopic (exact) mass is 381 g/mol. The molecule has 27 heavy (non-hydrogen) atoms. The maximum absolute atomic E-state index is 12.8. The summed E-state index contributed by atoms with van der Waals surface area (Å²) in [6.45, 7) is 4.90. The van der Waals surface area contributed by atoms with Crippen LogP contribution in [-0.4, -0.2) is 34.1 Å². The second-order valence-electron chi connectivity index (χ2n) is 6.88. The van der Waals surface area contributed by atoms with Gasteiger partial charge >= 0.3 is 0 Å². The van der Waals surface area contributed by atoms with E-state index < -0.39 is 10.0 Å². The van der Waals surface area contributed by atoms with Gasteiger partial charge in [-0.1, -0.05) is 42.5 Å². The summed E-state index contributed by atoms with van der Waals surface area (Å²) in [6.07, 6.45) is 0. The normalized spacial score (nSPS) is 17.8. The SMILES string of the molecule is CC1CNCCN1c1cc(NS(=O)(=O)c2ccccc2)cc2ccccc12. The molecule has 4 rings (SSSR count). The van der Waals surface area contributed by atoms with Gasteiger partial charge in [0, 0.05) is 36.7 Å². The van der Waals surface area contributed by atoms with E-state index in [9.17, 15) is 8.42 Å². The lowest BCUT2D eigenvalue weighted by molar-refractivity contribution is 0.502. The number of sulfonamides is 1. The number of hydrogen-bond acceptors (Lipinski definition) is 4. The lowest BCUT2D eigenvalue weighted by Gasteiger charge is -2.37. The number of nitrogens with one attached hydrogen (secondary N) is 2. The maximum atomic E-state index is 12.8. The summed E-state index contributed by atoms with van der Waals surface area (Å²) in [6, 6.07) is 20.7. The summed E-state index contributed by atoms with van der Waals surface area (Å²) in [5, 5.41) is 5.56. The van der Waals surface area contributed by atoms with Gasteiger partial charge in [-0.15, -0.1) is 0 Å². The van der Waals surface area contributed by atoms with Gasteiger partial charge in [0.1, 0.15) is 0 Å². The predicted octanol–water partition coefficient (Wildman–Crippen LogP) is 3.44. The Hall–Kier alpha value is -2.57. The van der Waals surface area contributed by atoms with Crippen LogP contribution in [0.25, 0.3) is 10.8 Å². The summed E-state index contributed by atoms with van der Waals surface area (Å²) in [7, 11) is -3.62. The van der Waals surface area contributed by atoms with E-state index in [0.717, 1.165) is 36.1 Å². The van der Waals surface area contributed by atoms with E-state index >= 15 is 0 Å². The Morgan fingerprint density at radius 2 is 1.78 bits per heavy atom. The van der Waals surface area contributed by atoms with Crippen LogP contribution in [0.1, 0.15) is 6.92 Å². The Kier molecular flexibility index (Phi) is 4.76. The van der Waals surface area contributed by atoms with Gasteiger partial charge in [0.15, 0.2) is 0 Å². The molecule has 1 aliphatic rings. The molecule has 140 valence electrons. The third-order valence-corrected chi connectivity index (χ3v) is 6.35. The quantitative estimate of drug-likeness (QED) is 0.727. The molecule has 0 bridgehead atoms. The summed E-state index contributed by atoms with van der Waals surface area (Å²) in [5.74, 6) is 0. The van der Waals surface area contributed by atoms with Crippen molar-refractivity contribution in [3.05, 3.63) is 66.7 Å². The molecule has 0 aromatic heterocycles. The Bertz CT molecular complexity index is 1050. The largest absolute Gasteiger partial charge is 0.366 e. The number of benzene rings is 3. The molecule has 1 atom stereocenters. The van der Waals surface area contributed by atoms with E-state index in [0.29, 0.717) is 11.7 Å².